The molecule has 0 aromatic heterocycles. The van der Waals surface area contributed by atoms with E-state index >= 15 is 0 Å². The molecular formula is C34H40O. The predicted molar refractivity (Wildman–Crippen MR) is 149 cm³/mol. The molecule has 2 aromatic carbocycles. The van der Waals surface area contributed by atoms with Crippen LogP contribution in [0, 0.1) is 30.6 Å². The van der Waals surface area contributed by atoms with Crippen LogP contribution >= 0.6 is 0 Å². The summed E-state index contributed by atoms with van der Waals surface area (Å²) in [7, 11) is 0. The highest BCUT2D eigenvalue weighted by Crippen LogP contribution is 2.52. The molecule has 0 aliphatic heterocycles. The van der Waals surface area contributed by atoms with Crippen LogP contribution in [0.3, 0.4) is 0 Å². The van der Waals surface area contributed by atoms with Crippen LogP contribution in [0.15, 0.2) is 90.6 Å². The number of benzene rings is 2. The van der Waals surface area contributed by atoms with Gasteiger partial charge in [0.15, 0.2) is 0 Å². The van der Waals surface area contributed by atoms with E-state index in [9.17, 15) is 4.79 Å². The SMILES string of the molecule is C=C1CC(c2ccc(C)cc2)=CC1=CC1CC[C@@]1(C)C(=O)C[C@@](C)(Cc1ccc(C)cc1)C(=C)C. The van der Waals surface area contributed by atoms with E-state index in [-0.39, 0.29) is 16.7 Å². The zero-order valence-electron chi connectivity index (χ0n) is 22.2. The minimum absolute atomic E-state index is 0.238. The highest BCUT2D eigenvalue weighted by Gasteiger charge is 2.49. The van der Waals surface area contributed by atoms with Crippen LogP contribution in [0.5, 0.6) is 0 Å². The van der Waals surface area contributed by atoms with E-state index in [0.717, 1.165) is 36.8 Å². The summed E-state index contributed by atoms with van der Waals surface area (Å²) in [6, 6.07) is 17.4. The van der Waals surface area contributed by atoms with Crippen molar-refractivity contribution in [1.29, 1.82) is 0 Å². The average molecular weight is 465 g/mol. The molecule has 1 heteroatoms. The smallest absolute Gasteiger partial charge is 0.140 e. The Morgan fingerprint density at radius 2 is 1.69 bits per heavy atom. The molecule has 1 fully saturated rings. The molecule has 0 radical (unpaired) electrons. The first-order valence-electron chi connectivity index (χ1n) is 12.9. The van der Waals surface area contributed by atoms with Gasteiger partial charge in [-0.1, -0.05) is 104 Å². The van der Waals surface area contributed by atoms with Gasteiger partial charge in [0, 0.05) is 11.8 Å². The van der Waals surface area contributed by atoms with Crippen LogP contribution < -0.4 is 0 Å². The van der Waals surface area contributed by atoms with Gasteiger partial charge in [-0.2, -0.15) is 0 Å². The van der Waals surface area contributed by atoms with Crippen molar-refractivity contribution in [2.75, 3.05) is 0 Å². The first-order chi connectivity index (χ1) is 16.5. The summed E-state index contributed by atoms with van der Waals surface area (Å²) in [5, 5.41) is 0. The van der Waals surface area contributed by atoms with Gasteiger partial charge in [0.05, 0.1) is 0 Å². The van der Waals surface area contributed by atoms with Crippen molar-refractivity contribution in [1.82, 2.24) is 0 Å². The van der Waals surface area contributed by atoms with Gasteiger partial charge in [-0.3, -0.25) is 4.79 Å². The van der Waals surface area contributed by atoms with Crippen LogP contribution in [0.1, 0.15) is 68.7 Å². The molecule has 0 heterocycles. The summed E-state index contributed by atoms with van der Waals surface area (Å²) in [6.07, 6.45) is 8.91. The quantitative estimate of drug-likeness (QED) is 0.357. The van der Waals surface area contributed by atoms with E-state index < -0.39 is 0 Å². The molecule has 1 nitrogen and oxygen atoms in total. The minimum atomic E-state index is -0.308. The van der Waals surface area contributed by atoms with Gasteiger partial charge in [0.2, 0.25) is 0 Å². The number of allylic oxidation sites excluding steroid dienone is 6. The summed E-state index contributed by atoms with van der Waals surface area (Å²) in [5.74, 6) is 0.638. The van der Waals surface area contributed by atoms with Gasteiger partial charge in [0.25, 0.3) is 0 Å². The van der Waals surface area contributed by atoms with E-state index in [1.165, 1.54) is 33.4 Å². The van der Waals surface area contributed by atoms with E-state index in [2.05, 4.69) is 108 Å². The fourth-order valence-corrected chi connectivity index (χ4v) is 5.44. The lowest BCUT2D eigenvalue weighted by Crippen LogP contribution is -2.45. The summed E-state index contributed by atoms with van der Waals surface area (Å²) in [4.78, 5) is 13.8. The van der Waals surface area contributed by atoms with Gasteiger partial charge in [-0.25, -0.2) is 0 Å². The molecule has 182 valence electrons. The van der Waals surface area contributed by atoms with Crippen LogP contribution in [0.2, 0.25) is 0 Å². The first kappa shape index (κ1) is 25.2. The van der Waals surface area contributed by atoms with Gasteiger partial charge < -0.3 is 0 Å². The Morgan fingerprint density at radius 3 is 2.23 bits per heavy atom. The van der Waals surface area contributed by atoms with Crippen molar-refractivity contribution in [2.24, 2.45) is 16.7 Å². The molecule has 0 spiro atoms. The molecule has 4 rings (SSSR count). The third-order valence-electron chi connectivity index (χ3n) is 8.67. The standard InChI is InChI=1S/C34H40O/c1-23(2)33(6,21-27-12-8-24(3)9-13-27)22-32(35)34(7)17-16-31(34)20-29-19-30(18-26(29)5)28-14-10-25(4)11-15-28/h8-15,19-20,31H,1,5,16-18,21-22H2,2-4,6-7H3/t31?,33-,34-/m1/s1. The lowest BCUT2D eigenvalue weighted by molar-refractivity contribution is -0.137. The van der Waals surface area contributed by atoms with Crippen molar-refractivity contribution < 1.29 is 4.79 Å². The van der Waals surface area contributed by atoms with Gasteiger partial charge in [0.1, 0.15) is 5.78 Å². The molecule has 2 aromatic rings. The molecule has 2 aliphatic rings. The third-order valence-corrected chi connectivity index (χ3v) is 8.67. The van der Waals surface area contributed by atoms with Crippen molar-refractivity contribution in [2.45, 2.75) is 66.7 Å². The monoisotopic (exact) mass is 464 g/mol. The Balaban J connectivity index is 1.51. The van der Waals surface area contributed by atoms with Crippen molar-refractivity contribution >= 4 is 11.4 Å². The van der Waals surface area contributed by atoms with E-state index in [0.29, 0.717) is 12.2 Å². The Labute approximate surface area is 212 Å². The second kappa shape index (κ2) is 9.61. The molecule has 0 N–H and O–H groups in total. The number of ketones is 1. The molecular weight excluding hydrogens is 424 g/mol. The lowest BCUT2D eigenvalue weighted by atomic mass is 9.56. The topological polar surface area (TPSA) is 17.1 Å². The van der Waals surface area contributed by atoms with Crippen molar-refractivity contribution in [3.8, 4) is 0 Å². The van der Waals surface area contributed by atoms with E-state index in [1.807, 2.05) is 0 Å². The second-order valence-corrected chi connectivity index (χ2v) is 11.6. The van der Waals surface area contributed by atoms with E-state index in [4.69, 9.17) is 0 Å². The zero-order chi connectivity index (χ0) is 25.4. The van der Waals surface area contributed by atoms with E-state index in [1.54, 1.807) is 0 Å². The van der Waals surface area contributed by atoms with Crippen LogP contribution in [0.25, 0.3) is 5.57 Å². The van der Waals surface area contributed by atoms with Crippen molar-refractivity contribution in [3.05, 3.63) is 113 Å². The van der Waals surface area contributed by atoms with Crippen LogP contribution in [-0.4, -0.2) is 5.78 Å². The number of hydrogen-bond donors (Lipinski definition) is 0. The lowest BCUT2D eigenvalue weighted by Gasteiger charge is -2.46. The molecule has 35 heavy (non-hydrogen) atoms. The maximum absolute atomic E-state index is 13.8. The summed E-state index contributed by atoms with van der Waals surface area (Å²) in [6.45, 7) is 19.3. The van der Waals surface area contributed by atoms with Gasteiger partial charge in [-0.15, -0.1) is 0 Å². The Kier molecular flexibility index (Phi) is 6.91. The normalized spacial score (nSPS) is 24.6. The summed E-state index contributed by atoms with van der Waals surface area (Å²) in [5.41, 5.74) is 9.29. The minimum Gasteiger partial charge on any atom is -0.299 e. The molecule has 2 aliphatic carbocycles. The Hall–Kier alpha value is -2.93. The maximum atomic E-state index is 13.8. The molecule has 0 amide bonds. The molecule has 3 atom stereocenters. The average Bonchev–Trinajstić information content (AvgIpc) is 3.18. The number of aryl methyl sites for hydroxylation is 2. The number of carbonyl (C=O) groups is 1. The predicted octanol–water partition coefficient (Wildman–Crippen LogP) is 8.77. The molecule has 1 unspecified atom stereocenters. The Bertz CT molecular complexity index is 1200. The number of rotatable bonds is 8. The second-order valence-electron chi connectivity index (χ2n) is 11.6. The summed E-state index contributed by atoms with van der Waals surface area (Å²) >= 11 is 0. The number of Topliss-reactive ketones (excluding diaryl/α,β-unsaturated/α-hetero) is 1. The third kappa shape index (κ3) is 5.20. The van der Waals surface area contributed by atoms with Crippen LogP contribution in [-0.2, 0) is 11.2 Å². The van der Waals surface area contributed by atoms with Gasteiger partial charge in [-0.05, 0) is 85.6 Å². The number of carbonyl (C=O) groups excluding carboxylic acids is 1. The zero-order valence-corrected chi connectivity index (χ0v) is 22.2. The fourth-order valence-electron chi connectivity index (χ4n) is 5.44. The van der Waals surface area contributed by atoms with Crippen LogP contribution in [0.4, 0.5) is 0 Å². The molecule has 1 saturated carbocycles. The van der Waals surface area contributed by atoms with Crippen molar-refractivity contribution in [3.63, 3.8) is 0 Å². The largest absolute Gasteiger partial charge is 0.299 e. The molecule has 0 bridgehead atoms. The van der Waals surface area contributed by atoms with Gasteiger partial charge >= 0.3 is 0 Å². The fraction of sp³-hybridized carbons (Fsp3) is 0.382. The highest BCUT2D eigenvalue weighted by atomic mass is 16.1. The molecule has 0 saturated heterocycles. The first-order valence-corrected chi connectivity index (χ1v) is 12.9. The highest BCUT2D eigenvalue weighted by molar-refractivity contribution is 5.87. The summed E-state index contributed by atoms with van der Waals surface area (Å²) < 4.78 is 0. The Morgan fingerprint density at radius 1 is 1.09 bits per heavy atom. The number of hydrogen-bond acceptors (Lipinski definition) is 1. The maximum Gasteiger partial charge on any atom is 0.140 e.